The number of nitrogens with zero attached hydrogens (tertiary/aromatic N) is 4. The highest BCUT2D eigenvalue weighted by Gasteiger charge is 2.55. The first-order chi connectivity index (χ1) is 27.3. The van der Waals surface area contributed by atoms with E-state index in [2.05, 4.69) is 220 Å². The van der Waals surface area contributed by atoms with E-state index in [0.29, 0.717) is 0 Å². The zero-order chi connectivity index (χ0) is 36.6. The van der Waals surface area contributed by atoms with E-state index < -0.39 is 0 Å². The van der Waals surface area contributed by atoms with E-state index in [-0.39, 0.29) is 20.9 Å². The van der Waals surface area contributed by atoms with E-state index in [1.165, 1.54) is 36.6 Å². The highest BCUT2D eigenvalue weighted by Crippen LogP contribution is 2.40. The van der Waals surface area contributed by atoms with Crippen LogP contribution in [0.1, 0.15) is 0 Å². The van der Waals surface area contributed by atoms with Crippen LogP contribution in [0.2, 0.25) is 0 Å². The van der Waals surface area contributed by atoms with Gasteiger partial charge < -0.3 is 14.2 Å². The summed E-state index contributed by atoms with van der Waals surface area (Å²) >= 11 is 1.82. The number of para-hydroxylation sites is 2. The molecule has 4 nitrogen and oxygen atoms in total. The van der Waals surface area contributed by atoms with Crippen molar-refractivity contribution >= 4 is 85.9 Å². The largest absolute Gasteiger partial charge is 0.416 e. The summed E-state index contributed by atoms with van der Waals surface area (Å²) in [5.41, 5.74) is 9.10. The smallest absolute Gasteiger partial charge is 0.388 e. The second-order valence-corrected chi connectivity index (χ2v) is 15.0. The molecule has 3 heterocycles. The SMILES string of the molecule is c1ccc(B2N(c3ccccc3)B(c3ccccc3)N(c3cccc(-c4nccc5c4sc4ccccc45)c3)B(c3ccccc3)N2c2ccccc2)cc1. The molecule has 1 fully saturated rings. The Labute approximate surface area is 327 Å². The second-order valence-electron chi connectivity index (χ2n) is 13.9. The van der Waals surface area contributed by atoms with Crippen molar-refractivity contribution in [3.8, 4) is 11.3 Å². The standard InChI is InChI=1S/C47H35B3N4S/c1-6-20-37(21-7-1)48-52(40-26-12-4-13-27-40)49(38-22-8-2-9-23-38)54(50(39-24-10-3-11-25-39)53(48)41-28-14-5-15-29-41)42-30-18-19-36(35-42)46-47-44(33-34-51-46)43-31-16-17-32-45(43)55-47/h1-35H. The number of benzene rings is 7. The monoisotopic (exact) mass is 720 g/mol. The number of aromatic nitrogens is 1. The Morgan fingerprint density at radius 2 is 0.818 bits per heavy atom. The Hall–Kier alpha value is -6.50. The predicted molar refractivity (Wildman–Crippen MR) is 238 cm³/mol. The third-order valence-corrected chi connectivity index (χ3v) is 11.9. The Balaban J connectivity index is 1.27. The molecule has 9 aromatic rings. The molecule has 0 N–H and O–H groups in total. The first-order valence-electron chi connectivity index (χ1n) is 18.8. The van der Waals surface area contributed by atoms with Crippen LogP contribution in [0.25, 0.3) is 31.4 Å². The summed E-state index contributed by atoms with van der Waals surface area (Å²) in [6, 6.07) is 74.6. The Bertz CT molecular complexity index is 2610. The maximum Gasteiger partial charge on any atom is 0.388 e. The van der Waals surface area contributed by atoms with Gasteiger partial charge in [-0.05, 0) is 64.9 Å². The summed E-state index contributed by atoms with van der Waals surface area (Å²) in [5, 5.41) is 2.52. The van der Waals surface area contributed by atoms with Crippen LogP contribution in [0.5, 0.6) is 0 Å². The highest BCUT2D eigenvalue weighted by molar-refractivity contribution is 7.26. The minimum atomic E-state index is -0.206. The molecule has 0 saturated carbocycles. The molecule has 0 unspecified atom stereocenters. The lowest BCUT2D eigenvalue weighted by molar-refractivity contribution is 1.29. The van der Waals surface area contributed by atoms with Gasteiger partial charge in [-0.2, -0.15) is 0 Å². The molecular formula is C47H35B3N4S. The summed E-state index contributed by atoms with van der Waals surface area (Å²) < 4.78 is 10.3. The molecule has 55 heavy (non-hydrogen) atoms. The number of pyridine rings is 1. The molecule has 10 rings (SSSR count). The fourth-order valence-corrected chi connectivity index (χ4v) is 9.57. The van der Waals surface area contributed by atoms with E-state index in [1.54, 1.807) is 0 Å². The summed E-state index contributed by atoms with van der Waals surface area (Å²) in [6.45, 7) is -0.584. The average molecular weight is 720 g/mol. The highest BCUT2D eigenvalue weighted by atomic mass is 32.1. The molecule has 1 aliphatic heterocycles. The van der Waals surface area contributed by atoms with Gasteiger partial charge in [-0.25, -0.2) is 0 Å². The Morgan fingerprint density at radius 3 is 1.35 bits per heavy atom. The molecule has 258 valence electrons. The van der Waals surface area contributed by atoms with Crippen molar-refractivity contribution in [2.24, 2.45) is 0 Å². The van der Waals surface area contributed by atoms with Gasteiger partial charge >= 0.3 is 20.9 Å². The summed E-state index contributed by atoms with van der Waals surface area (Å²) in [5.74, 6) is 0. The topological polar surface area (TPSA) is 22.6 Å². The fourth-order valence-electron chi connectivity index (χ4n) is 8.36. The van der Waals surface area contributed by atoms with Gasteiger partial charge in [-0.1, -0.05) is 158 Å². The maximum absolute atomic E-state index is 5.06. The summed E-state index contributed by atoms with van der Waals surface area (Å²) in [6.07, 6.45) is 1.96. The fraction of sp³-hybridized carbons (Fsp3) is 0. The van der Waals surface area contributed by atoms with Crippen molar-refractivity contribution in [3.05, 3.63) is 212 Å². The minimum Gasteiger partial charge on any atom is -0.416 e. The normalized spacial score (nSPS) is 13.2. The molecule has 7 aromatic carbocycles. The number of rotatable bonds is 7. The van der Waals surface area contributed by atoms with Gasteiger partial charge in [0.25, 0.3) is 0 Å². The van der Waals surface area contributed by atoms with Crippen LogP contribution in [0.3, 0.4) is 0 Å². The quantitative estimate of drug-likeness (QED) is 0.153. The van der Waals surface area contributed by atoms with Crippen LogP contribution in [0.4, 0.5) is 17.1 Å². The van der Waals surface area contributed by atoms with E-state index in [4.69, 9.17) is 4.98 Å². The number of hydrogen-bond donors (Lipinski definition) is 0. The van der Waals surface area contributed by atoms with Crippen LogP contribution in [-0.2, 0) is 0 Å². The van der Waals surface area contributed by atoms with Gasteiger partial charge in [-0.3, -0.25) is 4.98 Å². The number of thiophene rings is 1. The summed E-state index contributed by atoms with van der Waals surface area (Å²) in [7, 11) is 0. The molecule has 8 heteroatoms. The lowest BCUT2D eigenvalue weighted by Gasteiger charge is -2.57. The van der Waals surface area contributed by atoms with Gasteiger partial charge in [0.2, 0.25) is 0 Å². The van der Waals surface area contributed by atoms with Crippen molar-refractivity contribution < 1.29 is 0 Å². The lowest BCUT2D eigenvalue weighted by Crippen LogP contribution is -2.86. The maximum atomic E-state index is 5.06. The van der Waals surface area contributed by atoms with Crippen LogP contribution in [0.15, 0.2) is 212 Å². The number of anilines is 3. The predicted octanol–water partition coefficient (Wildman–Crippen LogP) is 9.14. The van der Waals surface area contributed by atoms with Gasteiger partial charge in [0.15, 0.2) is 0 Å². The van der Waals surface area contributed by atoms with E-state index in [0.717, 1.165) is 28.3 Å². The van der Waals surface area contributed by atoms with Crippen LogP contribution >= 0.6 is 11.3 Å². The molecule has 1 aliphatic rings. The third kappa shape index (κ3) is 5.96. The second kappa shape index (κ2) is 14.4. The molecule has 2 aromatic heterocycles. The van der Waals surface area contributed by atoms with Crippen molar-refractivity contribution in [1.82, 2.24) is 4.98 Å². The van der Waals surface area contributed by atoms with Crippen molar-refractivity contribution in [3.63, 3.8) is 0 Å². The lowest BCUT2D eigenvalue weighted by atomic mass is 9.37. The van der Waals surface area contributed by atoms with Crippen LogP contribution < -0.4 is 30.6 Å². The van der Waals surface area contributed by atoms with Gasteiger partial charge in [-0.15, -0.1) is 11.3 Å². The van der Waals surface area contributed by atoms with E-state index in [1.807, 2.05) is 17.5 Å². The van der Waals surface area contributed by atoms with Crippen LogP contribution in [0, 0.1) is 0 Å². The molecule has 0 radical (unpaired) electrons. The van der Waals surface area contributed by atoms with Gasteiger partial charge in [0.05, 0.1) is 10.4 Å². The summed E-state index contributed by atoms with van der Waals surface area (Å²) in [4.78, 5) is 5.06. The van der Waals surface area contributed by atoms with E-state index >= 15 is 0 Å². The van der Waals surface area contributed by atoms with Crippen LogP contribution in [-0.4, -0.2) is 25.9 Å². The molecular weight excluding hydrogens is 685 g/mol. The molecule has 1 saturated heterocycles. The molecule has 0 atom stereocenters. The Morgan fingerprint density at radius 1 is 0.382 bits per heavy atom. The average Bonchev–Trinajstić information content (AvgIpc) is 3.66. The van der Waals surface area contributed by atoms with Crippen molar-refractivity contribution in [2.75, 3.05) is 14.2 Å². The van der Waals surface area contributed by atoms with E-state index in [9.17, 15) is 0 Å². The molecule has 0 spiro atoms. The first kappa shape index (κ1) is 33.1. The first-order valence-corrected chi connectivity index (χ1v) is 19.6. The zero-order valence-electron chi connectivity index (χ0n) is 30.1. The minimum absolute atomic E-state index is 0.171. The van der Waals surface area contributed by atoms with Crippen molar-refractivity contribution in [2.45, 2.75) is 0 Å². The molecule has 0 bridgehead atoms. The van der Waals surface area contributed by atoms with Crippen molar-refractivity contribution in [1.29, 1.82) is 0 Å². The molecule has 0 aliphatic carbocycles. The number of hydrogen-bond acceptors (Lipinski definition) is 5. The Kier molecular flexibility index (Phi) is 8.66. The number of fused-ring (bicyclic) bond motifs is 3. The van der Waals surface area contributed by atoms with Gasteiger partial charge in [0.1, 0.15) is 0 Å². The third-order valence-electron chi connectivity index (χ3n) is 10.7. The molecule has 0 amide bonds. The zero-order valence-corrected chi connectivity index (χ0v) is 31.0. The van der Waals surface area contributed by atoms with Gasteiger partial charge in [0, 0.05) is 44.3 Å².